The molecule has 0 bridgehead atoms. The summed E-state index contributed by atoms with van der Waals surface area (Å²) < 4.78 is 5.16. The first-order chi connectivity index (χ1) is 5.83. The van der Waals surface area contributed by atoms with E-state index in [-0.39, 0.29) is 0 Å². The predicted octanol–water partition coefficient (Wildman–Crippen LogP) is 1.64. The molecule has 2 nitrogen and oxygen atoms in total. The van der Waals surface area contributed by atoms with Gasteiger partial charge in [-0.25, -0.2) is 0 Å². The summed E-state index contributed by atoms with van der Waals surface area (Å²) in [6, 6.07) is 0. The van der Waals surface area contributed by atoms with Crippen LogP contribution in [0.15, 0.2) is 0 Å². The molecule has 0 aromatic carbocycles. The third kappa shape index (κ3) is 1.18. The molecule has 0 aromatic rings. The van der Waals surface area contributed by atoms with E-state index < -0.39 is 0 Å². The number of rotatable bonds is 2. The minimum atomic E-state index is 0.408. The first kappa shape index (κ1) is 8.24. The van der Waals surface area contributed by atoms with Crippen molar-refractivity contribution in [1.82, 2.24) is 0 Å². The zero-order chi connectivity index (χ0) is 8.55. The molecule has 2 fully saturated rings. The lowest BCUT2D eigenvalue weighted by Crippen LogP contribution is -2.16. The average molecular weight is 168 g/mol. The van der Waals surface area contributed by atoms with Gasteiger partial charge in [0.05, 0.1) is 0 Å². The molecule has 0 spiro atoms. The molecule has 68 valence electrons. The number of fused-ring (bicyclic) bond motifs is 1. The van der Waals surface area contributed by atoms with Crippen molar-refractivity contribution in [2.24, 2.45) is 17.8 Å². The van der Waals surface area contributed by atoms with Crippen LogP contribution in [0.3, 0.4) is 0 Å². The first-order valence-electron chi connectivity index (χ1n) is 4.84. The SMILES string of the molecule is COC[C@@H]1CC[C@@H]2C(=O)CC[C@H]12. The van der Waals surface area contributed by atoms with Gasteiger partial charge in [0.15, 0.2) is 0 Å². The molecule has 3 atom stereocenters. The van der Waals surface area contributed by atoms with Gasteiger partial charge in [0, 0.05) is 26.1 Å². The topological polar surface area (TPSA) is 26.3 Å². The smallest absolute Gasteiger partial charge is 0.136 e. The van der Waals surface area contributed by atoms with E-state index in [0.29, 0.717) is 23.5 Å². The van der Waals surface area contributed by atoms with Crippen molar-refractivity contribution in [3.05, 3.63) is 0 Å². The Bertz CT molecular complexity index is 188. The molecular formula is C10H16O2. The van der Waals surface area contributed by atoms with Gasteiger partial charge < -0.3 is 4.74 Å². The summed E-state index contributed by atoms with van der Waals surface area (Å²) in [5.41, 5.74) is 0. The van der Waals surface area contributed by atoms with E-state index in [2.05, 4.69) is 0 Å². The summed E-state index contributed by atoms with van der Waals surface area (Å²) in [6.07, 6.45) is 4.28. The second-order valence-corrected chi connectivity index (χ2v) is 4.07. The third-order valence-electron chi connectivity index (χ3n) is 3.49. The second-order valence-electron chi connectivity index (χ2n) is 4.07. The van der Waals surface area contributed by atoms with Crippen LogP contribution in [-0.4, -0.2) is 19.5 Å². The van der Waals surface area contributed by atoms with Crippen LogP contribution in [-0.2, 0) is 9.53 Å². The highest BCUT2D eigenvalue weighted by Gasteiger charge is 2.43. The number of hydrogen-bond acceptors (Lipinski definition) is 2. The number of hydrogen-bond donors (Lipinski definition) is 0. The highest BCUT2D eigenvalue weighted by atomic mass is 16.5. The zero-order valence-corrected chi connectivity index (χ0v) is 7.58. The summed E-state index contributed by atoms with van der Waals surface area (Å²) in [7, 11) is 1.75. The van der Waals surface area contributed by atoms with Crippen molar-refractivity contribution < 1.29 is 9.53 Å². The van der Waals surface area contributed by atoms with E-state index in [1.165, 1.54) is 6.42 Å². The van der Waals surface area contributed by atoms with Crippen LogP contribution in [0, 0.1) is 17.8 Å². The van der Waals surface area contributed by atoms with Crippen molar-refractivity contribution in [1.29, 1.82) is 0 Å². The first-order valence-corrected chi connectivity index (χ1v) is 4.84. The van der Waals surface area contributed by atoms with Gasteiger partial charge in [-0.2, -0.15) is 0 Å². The van der Waals surface area contributed by atoms with E-state index in [9.17, 15) is 4.79 Å². The second kappa shape index (κ2) is 3.17. The summed E-state index contributed by atoms with van der Waals surface area (Å²) in [5, 5.41) is 0. The summed E-state index contributed by atoms with van der Waals surface area (Å²) >= 11 is 0. The van der Waals surface area contributed by atoms with Crippen molar-refractivity contribution in [3.8, 4) is 0 Å². The Kier molecular flexibility index (Phi) is 2.18. The largest absolute Gasteiger partial charge is 0.384 e. The quantitative estimate of drug-likeness (QED) is 0.626. The van der Waals surface area contributed by atoms with Crippen molar-refractivity contribution in [2.45, 2.75) is 25.7 Å². The van der Waals surface area contributed by atoms with Gasteiger partial charge in [0.1, 0.15) is 5.78 Å². The lowest BCUT2D eigenvalue weighted by molar-refractivity contribution is -0.120. The molecule has 0 radical (unpaired) electrons. The van der Waals surface area contributed by atoms with Gasteiger partial charge in [-0.3, -0.25) is 4.79 Å². The molecule has 2 rings (SSSR count). The van der Waals surface area contributed by atoms with Crippen molar-refractivity contribution >= 4 is 5.78 Å². The lowest BCUT2D eigenvalue weighted by Gasteiger charge is -2.15. The van der Waals surface area contributed by atoms with Crippen LogP contribution >= 0.6 is 0 Å². The van der Waals surface area contributed by atoms with Crippen LogP contribution in [0.5, 0.6) is 0 Å². The van der Waals surface area contributed by atoms with Crippen LogP contribution in [0.4, 0.5) is 0 Å². The fourth-order valence-electron chi connectivity index (χ4n) is 2.90. The zero-order valence-electron chi connectivity index (χ0n) is 7.58. The summed E-state index contributed by atoms with van der Waals surface area (Å²) in [4.78, 5) is 11.4. The normalized spacial score (nSPS) is 40.4. The maximum atomic E-state index is 11.4. The number of methoxy groups -OCH3 is 1. The van der Waals surface area contributed by atoms with Gasteiger partial charge in [-0.1, -0.05) is 0 Å². The monoisotopic (exact) mass is 168 g/mol. The minimum Gasteiger partial charge on any atom is -0.384 e. The molecule has 2 saturated carbocycles. The molecule has 2 aliphatic carbocycles. The van der Waals surface area contributed by atoms with E-state index in [4.69, 9.17) is 4.74 Å². The van der Waals surface area contributed by atoms with Crippen LogP contribution in [0.25, 0.3) is 0 Å². The fourth-order valence-corrected chi connectivity index (χ4v) is 2.90. The Labute approximate surface area is 73.3 Å². The summed E-state index contributed by atoms with van der Waals surface area (Å²) in [6.45, 7) is 0.856. The van der Waals surface area contributed by atoms with Gasteiger partial charge in [0.25, 0.3) is 0 Å². The molecule has 0 unspecified atom stereocenters. The Balaban J connectivity index is 2.00. The lowest BCUT2D eigenvalue weighted by atomic mass is 9.93. The molecule has 0 saturated heterocycles. The van der Waals surface area contributed by atoms with Crippen molar-refractivity contribution in [2.75, 3.05) is 13.7 Å². The molecule has 0 amide bonds. The number of carbonyl (C=O) groups excluding carboxylic acids is 1. The van der Waals surface area contributed by atoms with E-state index in [1.54, 1.807) is 7.11 Å². The molecule has 0 aliphatic heterocycles. The van der Waals surface area contributed by atoms with E-state index in [0.717, 1.165) is 25.9 Å². The number of carbonyl (C=O) groups is 1. The molecule has 2 aliphatic rings. The molecule has 0 heterocycles. The standard InChI is InChI=1S/C10H16O2/c1-12-6-7-2-3-9-8(7)4-5-10(9)11/h7-9H,2-6H2,1H3/t7-,8+,9-/m0/s1. The Morgan fingerprint density at radius 2 is 2.25 bits per heavy atom. The number of ketones is 1. The number of ether oxygens (including phenoxy) is 1. The van der Waals surface area contributed by atoms with Crippen LogP contribution < -0.4 is 0 Å². The Hall–Kier alpha value is -0.370. The molecule has 12 heavy (non-hydrogen) atoms. The summed E-state index contributed by atoms with van der Waals surface area (Å²) in [5.74, 6) is 2.26. The van der Waals surface area contributed by atoms with Gasteiger partial charge in [-0.05, 0) is 31.1 Å². The van der Waals surface area contributed by atoms with E-state index in [1.807, 2.05) is 0 Å². The highest BCUT2D eigenvalue weighted by Crippen LogP contribution is 2.45. The number of Topliss-reactive ketones (excluding diaryl/α,β-unsaturated/α-hetero) is 1. The van der Waals surface area contributed by atoms with E-state index >= 15 is 0 Å². The van der Waals surface area contributed by atoms with Crippen LogP contribution in [0.1, 0.15) is 25.7 Å². The molecular weight excluding hydrogens is 152 g/mol. The minimum absolute atomic E-state index is 0.408. The fraction of sp³-hybridized carbons (Fsp3) is 0.900. The van der Waals surface area contributed by atoms with Gasteiger partial charge in [0.2, 0.25) is 0 Å². The maximum Gasteiger partial charge on any atom is 0.136 e. The maximum absolute atomic E-state index is 11.4. The highest BCUT2D eigenvalue weighted by molar-refractivity contribution is 5.83. The molecule has 0 aromatic heterocycles. The average Bonchev–Trinajstić information content (AvgIpc) is 2.58. The Morgan fingerprint density at radius 3 is 3.00 bits per heavy atom. The van der Waals surface area contributed by atoms with Crippen LogP contribution in [0.2, 0.25) is 0 Å². The third-order valence-corrected chi connectivity index (χ3v) is 3.49. The molecule has 0 N–H and O–H groups in total. The molecule has 2 heteroatoms. The Morgan fingerprint density at radius 1 is 1.42 bits per heavy atom. The van der Waals surface area contributed by atoms with Crippen molar-refractivity contribution in [3.63, 3.8) is 0 Å². The predicted molar refractivity (Wildman–Crippen MR) is 45.8 cm³/mol. The van der Waals surface area contributed by atoms with Gasteiger partial charge >= 0.3 is 0 Å². The van der Waals surface area contributed by atoms with Gasteiger partial charge in [-0.15, -0.1) is 0 Å².